The largest absolute Gasteiger partial charge is 0.395 e. The van der Waals surface area contributed by atoms with Crippen molar-refractivity contribution >= 4 is 17.4 Å². The summed E-state index contributed by atoms with van der Waals surface area (Å²) in [4.78, 5) is 18.3. The van der Waals surface area contributed by atoms with Crippen LogP contribution in [0.2, 0.25) is 0 Å². The Bertz CT molecular complexity index is 560. The number of β-amino-alcohol motifs (C(OH)–C–C–N with tert-alkyl or cyclic N) is 1. The Balaban J connectivity index is 1.68. The fourth-order valence-corrected chi connectivity index (χ4v) is 4.76. The second-order valence-electron chi connectivity index (χ2n) is 7.10. The highest BCUT2D eigenvalue weighted by atomic mass is 32.1. The zero-order valence-electron chi connectivity index (χ0n) is 14.0. The average molecular weight is 338 g/mol. The molecule has 1 amide bonds. The van der Waals surface area contributed by atoms with E-state index in [9.17, 15) is 4.79 Å². The molecule has 1 spiro atoms. The Labute approximate surface area is 141 Å². The molecule has 1 aromatic heterocycles. The molecule has 7 heteroatoms. The summed E-state index contributed by atoms with van der Waals surface area (Å²) in [6, 6.07) is 0. The van der Waals surface area contributed by atoms with E-state index in [-0.39, 0.29) is 17.9 Å². The number of carbonyl (C=O) groups is 1. The van der Waals surface area contributed by atoms with Crippen molar-refractivity contribution in [3.8, 4) is 0 Å². The molecule has 3 rings (SSSR count). The molecule has 1 N–H and O–H groups in total. The number of likely N-dealkylation sites (tertiary alicyclic amines) is 2. The number of carbonyl (C=O) groups excluding carboxylic acids is 1. The van der Waals surface area contributed by atoms with E-state index < -0.39 is 0 Å². The monoisotopic (exact) mass is 338 g/mol. The van der Waals surface area contributed by atoms with Crippen molar-refractivity contribution in [2.45, 2.75) is 45.6 Å². The number of hydrogen-bond donors (Lipinski definition) is 1. The molecule has 0 aromatic carbocycles. The van der Waals surface area contributed by atoms with Gasteiger partial charge in [-0.1, -0.05) is 18.3 Å². The average Bonchev–Trinajstić information content (AvgIpc) is 3.13. The number of aliphatic hydroxyl groups excluding tert-OH is 1. The normalized spacial score (nSPS) is 25.9. The summed E-state index contributed by atoms with van der Waals surface area (Å²) in [6.45, 7) is 8.22. The lowest BCUT2D eigenvalue weighted by molar-refractivity contribution is -0.146. The molecule has 2 saturated heterocycles. The summed E-state index contributed by atoms with van der Waals surface area (Å²) in [7, 11) is 0. The van der Waals surface area contributed by atoms with Gasteiger partial charge in [-0.15, -0.1) is 5.10 Å². The first-order valence-electron chi connectivity index (χ1n) is 8.49. The van der Waals surface area contributed by atoms with Crippen LogP contribution in [0.4, 0.5) is 0 Å². The summed E-state index contributed by atoms with van der Waals surface area (Å²) in [5.41, 5.74) is 0.858. The molecule has 0 saturated carbocycles. The second-order valence-corrected chi connectivity index (χ2v) is 7.94. The highest BCUT2D eigenvalue weighted by molar-refractivity contribution is 7.05. The summed E-state index contributed by atoms with van der Waals surface area (Å²) < 4.78 is 4.10. The van der Waals surface area contributed by atoms with Crippen LogP contribution in [0.5, 0.6) is 0 Å². The molecule has 23 heavy (non-hydrogen) atoms. The van der Waals surface area contributed by atoms with Crippen LogP contribution in [0.3, 0.4) is 0 Å². The van der Waals surface area contributed by atoms with Gasteiger partial charge in [-0.2, -0.15) is 0 Å². The van der Waals surface area contributed by atoms with Crippen LogP contribution in [0, 0.1) is 5.41 Å². The van der Waals surface area contributed by atoms with Gasteiger partial charge < -0.3 is 10.0 Å². The Morgan fingerprint density at radius 1 is 1.35 bits per heavy atom. The first-order valence-corrected chi connectivity index (χ1v) is 9.27. The van der Waals surface area contributed by atoms with Crippen LogP contribution >= 0.6 is 11.5 Å². The number of amides is 1. The number of rotatable bonds is 5. The Hall–Kier alpha value is -1.05. The van der Waals surface area contributed by atoms with Gasteiger partial charge in [0.15, 0.2) is 0 Å². The molecule has 2 fully saturated rings. The van der Waals surface area contributed by atoms with E-state index in [0.29, 0.717) is 12.5 Å². The molecule has 1 aromatic rings. The lowest BCUT2D eigenvalue weighted by Crippen LogP contribution is -2.50. The van der Waals surface area contributed by atoms with Gasteiger partial charge >= 0.3 is 0 Å². The minimum Gasteiger partial charge on any atom is -0.395 e. The summed E-state index contributed by atoms with van der Waals surface area (Å²) in [6.07, 6.45) is 2.94. The van der Waals surface area contributed by atoms with Crippen LogP contribution in [0.25, 0.3) is 0 Å². The van der Waals surface area contributed by atoms with Gasteiger partial charge in [-0.25, -0.2) is 0 Å². The third-order valence-electron chi connectivity index (χ3n) is 5.13. The van der Waals surface area contributed by atoms with Crippen molar-refractivity contribution in [1.29, 1.82) is 0 Å². The van der Waals surface area contributed by atoms with Crippen molar-refractivity contribution in [3.63, 3.8) is 0 Å². The molecule has 2 aliphatic rings. The Morgan fingerprint density at radius 3 is 2.91 bits per heavy atom. The van der Waals surface area contributed by atoms with Crippen molar-refractivity contribution < 1.29 is 9.90 Å². The van der Waals surface area contributed by atoms with Gasteiger partial charge in [0.25, 0.3) is 0 Å². The minimum absolute atomic E-state index is 0.0514. The first-order chi connectivity index (χ1) is 11.1. The summed E-state index contributed by atoms with van der Waals surface area (Å²) in [5.74, 6) is 0.628. The molecule has 0 aliphatic carbocycles. The van der Waals surface area contributed by atoms with Gasteiger partial charge in [0, 0.05) is 26.2 Å². The number of nitrogens with zero attached hydrogens (tertiary/aromatic N) is 4. The number of piperidine rings is 1. The lowest BCUT2D eigenvalue weighted by atomic mass is 9.78. The zero-order valence-corrected chi connectivity index (χ0v) is 14.8. The van der Waals surface area contributed by atoms with Crippen LogP contribution < -0.4 is 0 Å². The van der Waals surface area contributed by atoms with E-state index >= 15 is 0 Å². The van der Waals surface area contributed by atoms with Crippen molar-refractivity contribution in [1.82, 2.24) is 19.4 Å². The molecular weight excluding hydrogens is 312 g/mol. The van der Waals surface area contributed by atoms with Gasteiger partial charge in [0.05, 0.1) is 22.6 Å². The topological polar surface area (TPSA) is 69.6 Å². The zero-order chi connectivity index (χ0) is 16.4. The molecule has 2 aliphatic heterocycles. The molecule has 6 nitrogen and oxygen atoms in total. The summed E-state index contributed by atoms with van der Waals surface area (Å²) >= 11 is 1.48. The van der Waals surface area contributed by atoms with Crippen molar-refractivity contribution in [2.75, 3.05) is 32.8 Å². The van der Waals surface area contributed by atoms with Gasteiger partial charge in [0.2, 0.25) is 5.91 Å². The van der Waals surface area contributed by atoms with Crippen LogP contribution in [0.1, 0.15) is 49.6 Å². The molecule has 128 valence electrons. The number of aliphatic hydroxyl groups is 1. The highest BCUT2D eigenvalue weighted by Crippen LogP contribution is 2.40. The van der Waals surface area contributed by atoms with E-state index in [0.717, 1.165) is 51.1 Å². The summed E-state index contributed by atoms with van der Waals surface area (Å²) in [5, 5.41) is 13.4. The Kier molecular flexibility index (Phi) is 4.98. The van der Waals surface area contributed by atoms with E-state index in [1.165, 1.54) is 16.4 Å². The number of aromatic nitrogens is 2. The van der Waals surface area contributed by atoms with E-state index in [1.807, 2.05) is 4.90 Å². The lowest BCUT2D eigenvalue weighted by Gasteiger charge is -2.39. The third-order valence-corrected chi connectivity index (χ3v) is 5.85. The van der Waals surface area contributed by atoms with Crippen LogP contribution in [-0.4, -0.2) is 63.2 Å². The first kappa shape index (κ1) is 16.8. The van der Waals surface area contributed by atoms with E-state index in [4.69, 9.17) is 5.11 Å². The third kappa shape index (κ3) is 3.27. The van der Waals surface area contributed by atoms with Crippen molar-refractivity contribution in [3.05, 3.63) is 10.6 Å². The van der Waals surface area contributed by atoms with Crippen LogP contribution in [-0.2, 0) is 11.3 Å². The minimum atomic E-state index is -0.233. The fourth-order valence-electron chi connectivity index (χ4n) is 3.92. The molecule has 0 bridgehead atoms. The highest BCUT2D eigenvalue weighted by Gasteiger charge is 2.48. The van der Waals surface area contributed by atoms with Gasteiger partial charge in [-0.3, -0.25) is 9.69 Å². The van der Waals surface area contributed by atoms with Crippen LogP contribution in [0.15, 0.2) is 0 Å². The molecule has 1 unspecified atom stereocenters. The van der Waals surface area contributed by atoms with E-state index in [1.54, 1.807) is 0 Å². The smallest absolute Gasteiger partial charge is 0.230 e. The molecule has 0 radical (unpaired) electrons. The molecule has 3 heterocycles. The quantitative estimate of drug-likeness (QED) is 0.880. The maximum absolute atomic E-state index is 12.8. The van der Waals surface area contributed by atoms with Gasteiger partial charge in [-0.05, 0) is 43.3 Å². The second kappa shape index (κ2) is 6.83. The van der Waals surface area contributed by atoms with Crippen molar-refractivity contribution in [2.24, 2.45) is 5.41 Å². The predicted molar refractivity (Wildman–Crippen MR) is 89.2 cm³/mol. The fraction of sp³-hybridized carbons (Fsp3) is 0.812. The van der Waals surface area contributed by atoms with E-state index in [2.05, 4.69) is 28.3 Å². The number of hydrogen-bond acceptors (Lipinski definition) is 6. The van der Waals surface area contributed by atoms with Gasteiger partial charge in [0.1, 0.15) is 0 Å². The molecular formula is C16H26N4O2S. The predicted octanol–water partition coefficient (Wildman–Crippen LogP) is 1.47. The SMILES string of the molecule is CC(C)c1nnsc1CN1CCC2(CCCN(CCO)C2=O)C1. The maximum atomic E-state index is 12.8. The maximum Gasteiger partial charge on any atom is 0.230 e. The molecule has 1 atom stereocenters. The Morgan fingerprint density at radius 2 is 2.17 bits per heavy atom. The standard InChI is InChI=1S/C16H26N4O2S/c1-12(2)14-13(23-18-17-14)10-19-7-5-16(11-19)4-3-6-20(8-9-21)15(16)22/h12,21H,3-11H2,1-2H3.